The number of anilines is 1. The van der Waals surface area contributed by atoms with Gasteiger partial charge in [0.05, 0.1) is 10.9 Å². The summed E-state index contributed by atoms with van der Waals surface area (Å²) < 4.78 is 37.5. The fraction of sp³-hybridized carbons (Fsp3) is 0.412. The maximum Gasteiger partial charge on any atom is 0.319 e. The molecule has 4 fully saturated rings. The van der Waals surface area contributed by atoms with E-state index in [0.29, 0.717) is 58.6 Å². The zero-order chi connectivity index (χ0) is 31.7. The summed E-state index contributed by atoms with van der Waals surface area (Å²) in [6.07, 6.45) is 5.81. The van der Waals surface area contributed by atoms with Crippen molar-refractivity contribution in [1.29, 1.82) is 0 Å². The number of phenols is 1. The van der Waals surface area contributed by atoms with Gasteiger partial charge in [0.15, 0.2) is 5.82 Å². The van der Waals surface area contributed by atoms with Gasteiger partial charge in [-0.15, -0.1) is 0 Å². The lowest BCUT2D eigenvalue weighted by molar-refractivity contribution is -0.129. The number of rotatable bonds is 6. The Kier molecular flexibility index (Phi) is 7.02. The number of aromatic nitrogens is 3. The van der Waals surface area contributed by atoms with Crippen molar-refractivity contribution in [3.05, 3.63) is 60.0 Å². The number of piperazine rings is 1. The van der Waals surface area contributed by atoms with Crippen LogP contribution in [0.15, 0.2) is 49.2 Å². The van der Waals surface area contributed by atoms with Gasteiger partial charge in [-0.1, -0.05) is 30.3 Å². The van der Waals surface area contributed by atoms with E-state index in [1.165, 1.54) is 12.1 Å². The Morgan fingerprint density at radius 2 is 2.00 bits per heavy atom. The highest BCUT2D eigenvalue weighted by atomic mass is 35.5. The van der Waals surface area contributed by atoms with Crippen molar-refractivity contribution in [2.75, 3.05) is 37.7 Å². The summed E-state index contributed by atoms with van der Waals surface area (Å²) in [6, 6.07) is 8.19. The third kappa shape index (κ3) is 4.66. The summed E-state index contributed by atoms with van der Waals surface area (Å²) in [6.45, 7) is 6.06. The molecule has 4 aliphatic heterocycles. The molecule has 0 spiro atoms. The number of fused-ring (bicyclic) bond motifs is 5. The molecule has 8 rings (SSSR count). The number of carbonyl (C=O) groups excluding carboxylic acids is 1. The normalized spacial score (nSPS) is 25.8. The molecule has 46 heavy (non-hydrogen) atoms. The number of amides is 1. The first kappa shape index (κ1) is 29.3. The highest BCUT2D eigenvalue weighted by molar-refractivity contribution is 6.36. The minimum absolute atomic E-state index is 0.00201. The molecule has 4 saturated heterocycles. The van der Waals surface area contributed by atoms with Crippen molar-refractivity contribution in [2.45, 2.75) is 55.9 Å². The second-order valence-corrected chi connectivity index (χ2v) is 13.4. The summed E-state index contributed by atoms with van der Waals surface area (Å²) in [5.41, 5.74) is -0.110. The summed E-state index contributed by atoms with van der Waals surface area (Å²) in [7, 11) is 0. The molecular formula is C34H33ClF2N6O3. The Morgan fingerprint density at radius 3 is 2.78 bits per heavy atom. The van der Waals surface area contributed by atoms with Crippen LogP contribution in [0.4, 0.5) is 14.6 Å². The molecule has 12 heteroatoms. The Labute approximate surface area is 269 Å². The highest BCUT2D eigenvalue weighted by Gasteiger charge is 2.49. The van der Waals surface area contributed by atoms with E-state index in [1.807, 2.05) is 4.90 Å². The van der Waals surface area contributed by atoms with E-state index in [2.05, 4.69) is 26.3 Å². The predicted molar refractivity (Wildman–Crippen MR) is 172 cm³/mol. The number of benzene rings is 2. The molecule has 1 amide bonds. The van der Waals surface area contributed by atoms with E-state index in [0.717, 1.165) is 32.2 Å². The molecule has 9 nitrogen and oxygen atoms in total. The first-order chi connectivity index (χ1) is 22.2. The van der Waals surface area contributed by atoms with E-state index in [-0.39, 0.29) is 47.6 Å². The number of pyridine rings is 1. The number of carbonyl (C=O) groups is 1. The number of hydrogen-bond acceptors (Lipinski definition) is 8. The first-order valence-electron chi connectivity index (χ1n) is 15.7. The molecule has 4 aromatic rings. The lowest BCUT2D eigenvalue weighted by atomic mass is 9.95. The number of ether oxygens (including phenoxy) is 1. The molecule has 4 aliphatic rings. The van der Waals surface area contributed by atoms with Gasteiger partial charge in [0.1, 0.15) is 35.6 Å². The van der Waals surface area contributed by atoms with Gasteiger partial charge in [0.2, 0.25) is 5.91 Å². The molecule has 2 aromatic carbocycles. The summed E-state index contributed by atoms with van der Waals surface area (Å²) >= 11 is 6.57. The molecule has 0 saturated carbocycles. The second kappa shape index (κ2) is 11.0. The molecule has 238 valence electrons. The quantitative estimate of drug-likeness (QED) is 0.268. The van der Waals surface area contributed by atoms with Gasteiger partial charge >= 0.3 is 6.01 Å². The van der Waals surface area contributed by atoms with Crippen LogP contribution in [0.2, 0.25) is 5.02 Å². The Bertz CT molecular complexity index is 1900. The third-order valence-electron chi connectivity index (χ3n) is 10.3. The maximum atomic E-state index is 16.8. The van der Waals surface area contributed by atoms with Crippen molar-refractivity contribution in [3.63, 3.8) is 0 Å². The van der Waals surface area contributed by atoms with Crippen LogP contribution >= 0.6 is 11.6 Å². The number of nitrogens with zero attached hydrogens (tertiary/aromatic N) is 6. The van der Waals surface area contributed by atoms with Crippen molar-refractivity contribution >= 4 is 45.0 Å². The largest absolute Gasteiger partial charge is 0.508 e. The summed E-state index contributed by atoms with van der Waals surface area (Å²) in [4.78, 5) is 32.7. The lowest BCUT2D eigenvalue weighted by Gasteiger charge is -2.41. The second-order valence-electron chi connectivity index (χ2n) is 12.9. The van der Waals surface area contributed by atoms with Crippen molar-refractivity contribution in [1.82, 2.24) is 24.8 Å². The van der Waals surface area contributed by atoms with E-state index < -0.39 is 17.5 Å². The van der Waals surface area contributed by atoms with Crippen molar-refractivity contribution < 1.29 is 23.4 Å². The SMILES string of the molecule is C=CC(=O)N1[C@@H]2CC[C@H]1CN(c1nc(OC[C@@]34CCCN3C[C@H](F)C4)nc3c(F)c(-c4cc(O)cc5cccc(Cl)c45)ncc13)C2. The molecule has 4 atom stereocenters. The standard InChI is InChI=1S/C34H33ClF2N6O3/c1-2-27(45)43-21-7-8-22(43)17-41(16-21)32-25-14-38-30(24-12-23(44)11-19-5-3-6-26(35)28(19)24)29(37)31(25)39-33(40-32)46-18-34-9-4-10-42(34)15-20(36)13-34/h2-3,5-6,11-12,14,20-22,44H,1,4,7-10,13,15-18H2/t20-,21-,22+,34+/m1/s1. The molecule has 6 heterocycles. The van der Waals surface area contributed by atoms with E-state index in [4.69, 9.17) is 21.3 Å². The van der Waals surface area contributed by atoms with Gasteiger partial charge in [-0.3, -0.25) is 14.7 Å². The Hall–Kier alpha value is -4.09. The fourth-order valence-corrected chi connectivity index (χ4v) is 8.54. The predicted octanol–water partition coefficient (Wildman–Crippen LogP) is 5.66. The molecule has 0 radical (unpaired) electrons. The maximum absolute atomic E-state index is 16.8. The average molecular weight is 647 g/mol. The van der Waals surface area contributed by atoms with Crippen LogP contribution in [0.5, 0.6) is 11.8 Å². The van der Waals surface area contributed by atoms with Crippen LogP contribution in [0.25, 0.3) is 32.9 Å². The lowest BCUT2D eigenvalue weighted by Crippen LogP contribution is -2.55. The number of alkyl halides is 1. The van der Waals surface area contributed by atoms with E-state index >= 15 is 4.39 Å². The average Bonchev–Trinajstić information content (AvgIpc) is 3.66. The summed E-state index contributed by atoms with van der Waals surface area (Å²) in [5.74, 6) is -0.383. The van der Waals surface area contributed by atoms with Crippen LogP contribution in [0.3, 0.4) is 0 Å². The van der Waals surface area contributed by atoms with Gasteiger partial charge in [-0.05, 0) is 61.9 Å². The van der Waals surface area contributed by atoms with E-state index in [9.17, 15) is 14.3 Å². The molecule has 0 unspecified atom stereocenters. The monoisotopic (exact) mass is 646 g/mol. The number of phenolic OH excluding ortho intramolecular Hbond substituents is 1. The van der Waals surface area contributed by atoms with Gasteiger partial charge in [0, 0.05) is 60.3 Å². The number of aromatic hydroxyl groups is 1. The Balaban J connectivity index is 1.24. The fourth-order valence-electron chi connectivity index (χ4n) is 8.26. The van der Waals surface area contributed by atoms with Crippen LogP contribution in [-0.2, 0) is 4.79 Å². The van der Waals surface area contributed by atoms with Gasteiger partial charge in [-0.25, -0.2) is 8.78 Å². The minimum atomic E-state index is -0.919. The minimum Gasteiger partial charge on any atom is -0.508 e. The summed E-state index contributed by atoms with van der Waals surface area (Å²) in [5, 5.41) is 12.5. The zero-order valence-electron chi connectivity index (χ0n) is 25.1. The van der Waals surface area contributed by atoms with Crippen LogP contribution in [0.1, 0.15) is 32.1 Å². The molecular weight excluding hydrogens is 614 g/mol. The molecule has 1 N–H and O–H groups in total. The van der Waals surface area contributed by atoms with Crippen LogP contribution < -0.4 is 9.64 Å². The highest BCUT2D eigenvalue weighted by Crippen LogP contribution is 2.42. The first-order valence-corrected chi connectivity index (χ1v) is 16.1. The molecule has 0 aliphatic carbocycles. The van der Waals surface area contributed by atoms with Gasteiger partial charge in [0.25, 0.3) is 0 Å². The number of hydrogen-bond donors (Lipinski definition) is 1. The third-order valence-corrected chi connectivity index (χ3v) is 10.6. The van der Waals surface area contributed by atoms with Crippen LogP contribution in [0, 0.1) is 5.82 Å². The zero-order valence-corrected chi connectivity index (χ0v) is 25.9. The van der Waals surface area contributed by atoms with E-state index in [1.54, 1.807) is 30.5 Å². The van der Waals surface area contributed by atoms with Crippen molar-refractivity contribution in [3.8, 4) is 23.0 Å². The molecule has 2 bridgehead atoms. The number of halogens is 3. The van der Waals surface area contributed by atoms with Crippen LogP contribution in [-0.4, -0.2) is 92.3 Å². The van der Waals surface area contributed by atoms with Gasteiger partial charge in [-0.2, -0.15) is 9.97 Å². The topological polar surface area (TPSA) is 94.9 Å². The smallest absolute Gasteiger partial charge is 0.319 e. The Morgan fingerprint density at radius 1 is 1.20 bits per heavy atom. The molecule has 2 aromatic heterocycles. The van der Waals surface area contributed by atoms with Crippen molar-refractivity contribution in [2.24, 2.45) is 0 Å². The van der Waals surface area contributed by atoms with Gasteiger partial charge < -0.3 is 19.6 Å².